The van der Waals surface area contributed by atoms with Crippen LogP contribution < -0.4 is 4.74 Å². The predicted octanol–water partition coefficient (Wildman–Crippen LogP) is 3.34. The topological polar surface area (TPSA) is 62.1 Å². The van der Waals surface area contributed by atoms with Crippen LogP contribution in [0.25, 0.3) is 0 Å². The van der Waals surface area contributed by atoms with Crippen molar-refractivity contribution in [2.45, 2.75) is 44.0 Å². The molecule has 0 bridgehead atoms. The van der Waals surface area contributed by atoms with Crippen LogP contribution in [0.1, 0.15) is 42.5 Å². The molecule has 5 nitrogen and oxygen atoms in total. The van der Waals surface area contributed by atoms with Crippen LogP contribution >= 0.6 is 0 Å². The molecule has 25 heavy (non-hydrogen) atoms. The summed E-state index contributed by atoms with van der Waals surface area (Å²) in [7, 11) is 1.44. The molecule has 0 saturated heterocycles. The molecule has 1 heterocycles. The van der Waals surface area contributed by atoms with Crippen molar-refractivity contribution >= 4 is 11.6 Å². The molecular weight excluding hydrogens is 337 g/mol. The van der Waals surface area contributed by atoms with E-state index in [4.69, 9.17) is 4.74 Å². The number of halogens is 3. The van der Waals surface area contributed by atoms with E-state index in [-0.39, 0.29) is 22.7 Å². The van der Waals surface area contributed by atoms with Gasteiger partial charge in [0.2, 0.25) is 0 Å². The van der Waals surface area contributed by atoms with Crippen LogP contribution in [0.4, 0.5) is 13.2 Å². The van der Waals surface area contributed by atoms with Crippen LogP contribution in [-0.4, -0.2) is 40.7 Å². The fourth-order valence-corrected chi connectivity index (χ4v) is 3.45. The number of hydrogen-bond donors (Lipinski definition) is 1. The van der Waals surface area contributed by atoms with Gasteiger partial charge in [-0.3, -0.25) is 4.79 Å². The Hall–Kier alpha value is -2.09. The molecule has 1 saturated carbocycles. The first-order valence-corrected chi connectivity index (χ1v) is 8.14. The van der Waals surface area contributed by atoms with Gasteiger partial charge in [-0.05, 0) is 43.5 Å². The largest absolute Gasteiger partial charge is 0.497 e. The molecule has 1 aromatic carbocycles. The quantitative estimate of drug-likeness (QED) is 0.884. The first-order chi connectivity index (χ1) is 11.8. The Bertz CT molecular complexity index is 687. The Labute approximate surface area is 143 Å². The Morgan fingerprint density at radius 2 is 1.96 bits per heavy atom. The summed E-state index contributed by atoms with van der Waals surface area (Å²) in [5.74, 6) is -1.72. The summed E-state index contributed by atoms with van der Waals surface area (Å²) in [5, 5.41) is 14.7. The third kappa shape index (κ3) is 2.88. The van der Waals surface area contributed by atoms with Gasteiger partial charge < -0.3 is 9.84 Å². The van der Waals surface area contributed by atoms with Gasteiger partial charge in [0.25, 0.3) is 11.6 Å². The van der Waals surface area contributed by atoms with E-state index in [2.05, 4.69) is 5.10 Å². The third-order valence-electron chi connectivity index (χ3n) is 4.81. The van der Waals surface area contributed by atoms with Gasteiger partial charge in [0.1, 0.15) is 5.75 Å². The van der Waals surface area contributed by atoms with E-state index in [1.54, 1.807) is 0 Å². The van der Waals surface area contributed by atoms with E-state index in [1.807, 2.05) is 0 Å². The first kappa shape index (κ1) is 17.7. The maximum Gasteiger partial charge on any atom is 0.439 e. The van der Waals surface area contributed by atoms with Crippen molar-refractivity contribution in [2.24, 2.45) is 11.0 Å². The number of fused-ring (bicyclic) bond motifs is 1. The minimum atomic E-state index is -5.00. The van der Waals surface area contributed by atoms with Crippen molar-refractivity contribution in [3.05, 3.63) is 29.8 Å². The van der Waals surface area contributed by atoms with E-state index in [1.165, 1.54) is 31.4 Å². The number of methoxy groups -OCH3 is 1. The van der Waals surface area contributed by atoms with Gasteiger partial charge in [-0.25, -0.2) is 0 Å². The SMILES string of the molecule is COc1ccc(C(=O)N2N=C3CCCCC[C@@H]3[C@]2(O)C(F)(F)F)cc1. The van der Waals surface area contributed by atoms with Crippen molar-refractivity contribution in [2.75, 3.05) is 7.11 Å². The summed E-state index contributed by atoms with van der Waals surface area (Å²) in [5.41, 5.74) is -3.05. The molecular formula is C17H19F3N2O3. The van der Waals surface area contributed by atoms with Gasteiger partial charge in [0.05, 0.1) is 13.0 Å². The molecule has 0 radical (unpaired) electrons. The van der Waals surface area contributed by atoms with Crippen LogP contribution in [0.3, 0.4) is 0 Å². The number of rotatable bonds is 2. The van der Waals surface area contributed by atoms with E-state index < -0.39 is 23.7 Å². The average molecular weight is 356 g/mol. The number of carbonyl (C=O) groups excluding carboxylic acids is 1. The summed E-state index contributed by atoms with van der Waals surface area (Å²) in [6, 6.07) is 5.65. The number of aliphatic hydroxyl groups is 1. The number of nitrogens with zero attached hydrogens (tertiary/aromatic N) is 2. The van der Waals surface area contributed by atoms with Crippen molar-refractivity contribution < 1.29 is 27.8 Å². The zero-order valence-corrected chi connectivity index (χ0v) is 13.7. The fourth-order valence-electron chi connectivity index (χ4n) is 3.45. The van der Waals surface area contributed by atoms with Crippen LogP contribution in [0, 0.1) is 5.92 Å². The molecule has 1 fully saturated rings. The zero-order chi connectivity index (χ0) is 18.2. The first-order valence-electron chi connectivity index (χ1n) is 8.14. The molecule has 2 aliphatic rings. The Kier molecular flexibility index (Phi) is 4.49. The van der Waals surface area contributed by atoms with Gasteiger partial charge >= 0.3 is 6.18 Å². The van der Waals surface area contributed by atoms with E-state index in [0.717, 1.165) is 6.42 Å². The number of benzene rings is 1. The molecule has 1 aromatic rings. The lowest BCUT2D eigenvalue weighted by atomic mass is 9.87. The van der Waals surface area contributed by atoms with Gasteiger partial charge in [-0.1, -0.05) is 12.8 Å². The van der Waals surface area contributed by atoms with Crippen LogP contribution in [0.15, 0.2) is 29.4 Å². The van der Waals surface area contributed by atoms with Crippen molar-refractivity contribution in [3.8, 4) is 5.75 Å². The summed E-state index contributed by atoms with van der Waals surface area (Å²) in [4.78, 5) is 12.7. The number of hydrazone groups is 1. The highest BCUT2D eigenvalue weighted by atomic mass is 19.4. The highest BCUT2D eigenvalue weighted by Crippen LogP contribution is 2.48. The molecule has 1 aliphatic heterocycles. The molecule has 8 heteroatoms. The van der Waals surface area contributed by atoms with Crippen molar-refractivity contribution in [1.29, 1.82) is 0 Å². The van der Waals surface area contributed by atoms with E-state index >= 15 is 0 Å². The summed E-state index contributed by atoms with van der Waals surface area (Å²) < 4.78 is 46.2. The summed E-state index contributed by atoms with van der Waals surface area (Å²) in [6.45, 7) is 0. The van der Waals surface area contributed by atoms with Crippen LogP contribution in [0.5, 0.6) is 5.75 Å². The van der Waals surface area contributed by atoms with Crippen molar-refractivity contribution in [1.82, 2.24) is 5.01 Å². The molecule has 1 amide bonds. The minimum absolute atomic E-state index is 0.00397. The van der Waals surface area contributed by atoms with Gasteiger partial charge in [-0.15, -0.1) is 0 Å². The molecule has 0 aromatic heterocycles. The highest BCUT2D eigenvalue weighted by Gasteiger charge is 2.68. The molecule has 136 valence electrons. The third-order valence-corrected chi connectivity index (χ3v) is 4.81. The lowest BCUT2D eigenvalue weighted by molar-refractivity contribution is -0.312. The highest BCUT2D eigenvalue weighted by molar-refractivity contribution is 5.99. The van der Waals surface area contributed by atoms with Gasteiger partial charge in [0, 0.05) is 11.3 Å². The molecule has 3 rings (SSSR count). The maximum atomic E-state index is 13.8. The normalized spacial score (nSPS) is 26.7. The van der Waals surface area contributed by atoms with Crippen LogP contribution in [-0.2, 0) is 0 Å². The Balaban J connectivity index is 2.00. The predicted molar refractivity (Wildman–Crippen MR) is 84.2 cm³/mol. The van der Waals surface area contributed by atoms with Crippen LogP contribution in [0.2, 0.25) is 0 Å². The average Bonchev–Trinajstić information content (AvgIpc) is 2.74. The molecule has 0 spiro atoms. The molecule has 1 aliphatic carbocycles. The maximum absolute atomic E-state index is 13.8. The lowest BCUT2D eigenvalue weighted by Gasteiger charge is -2.37. The number of hydrogen-bond acceptors (Lipinski definition) is 4. The monoisotopic (exact) mass is 356 g/mol. The Morgan fingerprint density at radius 1 is 1.28 bits per heavy atom. The second-order valence-electron chi connectivity index (χ2n) is 6.31. The summed E-state index contributed by atoms with van der Waals surface area (Å²) in [6.07, 6.45) is -2.44. The number of amides is 1. The second-order valence-corrected chi connectivity index (χ2v) is 6.31. The number of carbonyl (C=O) groups is 1. The van der Waals surface area contributed by atoms with Crippen molar-refractivity contribution in [3.63, 3.8) is 0 Å². The molecule has 2 atom stereocenters. The number of ether oxygens (including phenoxy) is 1. The fraction of sp³-hybridized carbons (Fsp3) is 0.529. The standard InChI is InChI=1S/C17H19F3N2O3/c1-25-12-9-7-11(8-10-12)15(23)22-16(24,17(18,19)20)13-5-3-2-4-6-14(13)21-22/h7-10,13,24H,2-6H2,1H3/t13-,16-/m0/s1. The minimum Gasteiger partial charge on any atom is -0.497 e. The summed E-state index contributed by atoms with van der Waals surface area (Å²) >= 11 is 0. The second kappa shape index (κ2) is 6.33. The van der Waals surface area contributed by atoms with Gasteiger partial charge in [-0.2, -0.15) is 23.3 Å². The molecule has 1 N–H and O–H groups in total. The number of alkyl halides is 3. The van der Waals surface area contributed by atoms with E-state index in [9.17, 15) is 23.1 Å². The molecule has 0 unspecified atom stereocenters. The lowest BCUT2D eigenvalue weighted by Crippen LogP contribution is -2.61. The smallest absolute Gasteiger partial charge is 0.439 e. The van der Waals surface area contributed by atoms with E-state index in [0.29, 0.717) is 25.0 Å². The zero-order valence-electron chi connectivity index (χ0n) is 13.7. The van der Waals surface area contributed by atoms with Gasteiger partial charge in [0.15, 0.2) is 0 Å². The Morgan fingerprint density at radius 3 is 2.56 bits per heavy atom.